The normalized spacial score (nSPS) is 19.5. The minimum Gasteiger partial charge on any atom is -0.370 e. The molecule has 1 atom stereocenters. The van der Waals surface area contributed by atoms with Crippen molar-refractivity contribution in [1.82, 2.24) is 0 Å². The average molecular weight is 235 g/mol. The fourth-order valence-electron chi connectivity index (χ4n) is 2.17. The molecule has 92 valence electrons. The molecule has 1 aliphatic rings. The highest BCUT2D eigenvalue weighted by atomic mass is 19.1. The zero-order valence-electron chi connectivity index (χ0n) is 10.1. The fraction of sp³-hybridized carbons (Fsp3) is 0.462. The van der Waals surface area contributed by atoms with Gasteiger partial charge >= 0.3 is 0 Å². The quantitative estimate of drug-likeness (QED) is 0.871. The van der Waals surface area contributed by atoms with Crippen molar-refractivity contribution in [1.29, 1.82) is 0 Å². The number of guanidine groups is 1. The maximum absolute atomic E-state index is 13.8. The summed E-state index contributed by atoms with van der Waals surface area (Å²) in [7, 11) is 0. The molecule has 0 spiro atoms. The van der Waals surface area contributed by atoms with E-state index in [2.05, 4.69) is 11.9 Å². The van der Waals surface area contributed by atoms with E-state index in [1.807, 2.05) is 11.0 Å². The minimum atomic E-state index is -0.242. The van der Waals surface area contributed by atoms with Crippen molar-refractivity contribution < 1.29 is 4.39 Å². The molecule has 1 aliphatic heterocycles. The molecule has 0 fully saturated rings. The first-order valence-electron chi connectivity index (χ1n) is 6.07. The Bertz CT molecular complexity index is 417. The third-order valence-electron chi connectivity index (χ3n) is 3.08. The van der Waals surface area contributed by atoms with Gasteiger partial charge in [0.15, 0.2) is 5.96 Å². The van der Waals surface area contributed by atoms with Gasteiger partial charge in [0, 0.05) is 0 Å². The number of aliphatic imine (C=N–C) groups is 1. The van der Waals surface area contributed by atoms with Crippen LogP contribution < -0.4 is 10.6 Å². The van der Waals surface area contributed by atoms with Crippen LogP contribution in [0.5, 0.6) is 0 Å². The van der Waals surface area contributed by atoms with E-state index >= 15 is 0 Å². The lowest BCUT2D eigenvalue weighted by Crippen LogP contribution is -2.41. The fourth-order valence-corrected chi connectivity index (χ4v) is 2.17. The number of benzene rings is 1. The highest BCUT2D eigenvalue weighted by molar-refractivity contribution is 5.97. The largest absolute Gasteiger partial charge is 0.370 e. The Morgan fingerprint density at radius 1 is 1.47 bits per heavy atom. The van der Waals surface area contributed by atoms with Gasteiger partial charge in [-0.3, -0.25) is 4.99 Å². The van der Waals surface area contributed by atoms with Crippen molar-refractivity contribution in [2.45, 2.75) is 32.2 Å². The topological polar surface area (TPSA) is 41.6 Å². The monoisotopic (exact) mass is 235 g/mol. The molecule has 2 N–H and O–H groups in total. The molecule has 2 rings (SSSR count). The number of rotatable bonds is 4. The van der Waals surface area contributed by atoms with Crippen molar-refractivity contribution in [3.8, 4) is 0 Å². The smallest absolute Gasteiger partial charge is 0.196 e. The van der Waals surface area contributed by atoms with Gasteiger partial charge in [0.25, 0.3) is 0 Å². The molecular formula is C13H18FN3. The van der Waals surface area contributed by atoms with Gasteiger partial charge in [0.2, 0.25) is 0 Å². The summed E-state index contributed by atoms with van der Waals surface area (Å²) in [4.78, 5) is 6.05. The van der Waals surface area contributed by atoms with Gasteiger partial charge in [-0.25, -0.2) is 4.39 Å². The van der Waals surface area contributed by atoms with E-state index in [0.29, 0.717) is 18.2 Å². The Morgan fingerprint density at radius 2 is 2.24 bits per heavy atom. The van der Waals surface area contributed by atoms with Crippen LogP contribution in [-0.2, 0) is 0 Å². The van der Waals surface area contributed by atoms with E-state index in [1.165, 1.54) is 6.07 Å². The molecule has 1 aromatic rings. The second-order valence-corrected chi connectivity index (χ2v) is 4.32. The number of para-hydroxylation sites is 1. The molecule has 0 radical (unpaired) electrons. The molecule has 0 bridgehead atoms. The molecule has 0 aliphatic carbocycles. The van der Waals surface area contributed by atoms with Crippen LogP contribution in [0.2, 0.25) is 0 Å². The average Bonchev–Trinajstić information content (AvgIpc) is 2.69. The van der Waals surface area contributed by atoms with Gasteiger partial charge < -0.3 is 10.6 Å². The second kappa shape index (κ2) is 5.17. The maximum atomic E-state index is 13.8. The number of halogens is 1. The van der Waals surface area contributed by atoms with E-state index in [-0.39, 0.29) is 11.9 Å². The molecular weight excluding hydrogens is 217 g/mol. The van der Waals surface area contributed by atoms with Crippen molar-refractivity contribution in [3.05, 3.63) is 30.1 Å². The van der Waals surface area contributed by atoms with Crippen molar-refractivity contribution >= 4 is 11.6 Å². The molecule has 0 aromatic heterocycles. The number of nitrogens with two attached hydrogens (primary N) is 1. The predicted molar refractivity (Wildman–Crippen MR) is 68.7 cm³/mol. The van der Waals surface area contributed by atoms with Crippen LogP contribution in [0.15, 0.2) is 29.3 Å². The predicted octanol–water partition coefficient (Wildman–Crippen LogP) is 2.52. The Kier molecular flexibility index (Phi) is 3.61. The van der Waals surface area contributed by atoms with E-state index in [9.17, 15) is 4.39 Å². The summed E-state index contributed by atoms with van der Waals surface area (Å²) >= 11 is 0. The number of unbranched alkanes of at least 4 members (excludes halogenated alkanes) is 1. The zero-order valence-corrected chi connectivity index (χ0v) is 10.1. The van der Waals surface area contributed by atoms with Crippen LogP contribution in [0.25, 0.3) is 0 Å². The van der Waals surface area contributed by atoms with Gasteiger partial charge in [-0.1, -0.05) is 31.9 Å². The number of anilines is 1. The summed E-state index contributed by atoms with van der Waals surface area (Å²) in [6.45, 7) is 2.81. The lowest BCUT2D eigenvalue weighted by molar-refractivity contribution is 0.581. The SMILES string of the molecule is CCCCC1CN=C(N)N1c1ccccc1F. The molecule has 1 aromatic carbocycles. The Hall–Kier alpha value is -1.58. The summed E-state index contributed by atoms with van der Waals surface area (Å²) in [6, 6.07) is 6.91. The van der Waals surface area contributed by atoms with E-state index < -0.39 is 0 Å². The number of hydrogen-bond acceptors (Lipinski definition) is 3. The molecule has 4 heteroatoms. The van der Waals surface area contributed by atoms with Gasteiger partial charge in [0.05, 0.1) is 18.3 Å². The second-order valence-electron chi connectivity index (χ2n) is 4.32. The maximum Gasteiger partial charge on any atom is 0.196 e. The minimum absolute atomic E-state index is 0.201. The first-order chi connectivity index (χ1) is 8.24. The molecule has 0 saturated heterocycles. The molecule has 1 heterocycles. The van der Waals surface area contributed by atoms with Gasteiger partial charge in [-0.2, -0.15) is 0 Å². The van der Waals surface area contributed by atoms with Crippen molar-refractivity contribution in [2.24, 2.45) is 10.7 Å². The van der Waals surface area contributed by atoms with Crippen molar-refractivity contribution in [2.75, 3.05) is 11.4 Å². The van der Waals surface area contributed by atoms with E-state index in [0.717, 1.165) is 19.3 Å². The Balaban J connectivity index is 2.22. The van der Waals surface area contributed by atoms with Crippen LogP contribution in [0, 0.1) is 5.82 Å². The zero-order chi connectivity index (χ0) is 12.3. The highest BCUT2D eigenvalue weighted by Gasteiger charge is 2.28. The Labute approximate surface area is 101 Å². The summed E-state index contributed by atoms with van der Waals surface area (Å²) in [5.41, 5.74) is 6.39. The van der Waals surface area contributed by atoms with Crippen LogP contribution in [0.3, 0.4) is 0 Å². The number of hydrogen-bond donors (Lipinski definition) is 1. The Morgan fingerprint density at radius 3 is 2.94 bits per heavy atom. The molecule has 0 amide bonds. The van der Waals surface area contributed by atoms with Crippen molar-refractivity contribution in [3.63, 3.8) is 0 Å². The lowest BCUT2D eigenvalue weighted by atomic mass is 10.1. The number of nitrogens with zero attached hydrogens (tertiary/aromatic N) is 2. The van der Waals surface area contributed by atoms with Crippen LogP contribution in [0.1, 0.15) is 26.2 Å². The van der Waals surface area contributed by atoms with Crippen LogP contribution >= 0.6 is 0 Å². The third-order valence-corrected chi connectivity index (χ3v) is 3.08. The van der Waals surface area contributed by atoms with Gasteiger partial charge in [0.1, 0.15) is 5.82 Å². The summed E-state index contributed by atoms with van der Waals surface area (Å²) in [5, 5.41) is 0. The van der Waals surface area contributed by atoms with Crippen LogP contribution in [-0.4, -0.2) is 18.5 Å². The lowest BCUT2D eigenvalue weighted by Gasteiger charge is -2.26. The molecule has 1 unspecified atom stereocenters. The highest BCUT2D eigenvalue weighted by Crippen LogP contribution is 2.26. The van der Waals surface area contributed by atoms with Crippen LogP contribution in [0.4, 0.5) is 10.1 Å². The standard InChI is InChI=1S/C13H18FN3/c1-2-3-6-10-9-16-13(15)17(10)12-8-5-4-7-11(12)14/h4-5,7-8,10H,2-3,6,9H2,1H3,(H2,15,16). The third kappa shape index (κ3) is 2.40. The first-order valence-corrected chi connectivity index (χ1v) is 6.07. The van der Waals surface area contributed by atoms with E-state index in [1.54, 1.807) is 12.1 Å². The summed E-state index contributed by atoms with van der Waals surface area (Å²) in [6.07, 6.45) is 3.23. The van der Waals surface area contributed by atoms with E-state index in [4.69, 9.17) is 5.73 Å². The van der Waals surface area contributed by atoms with Gasteiger partial charge in [-0.05, 0) is 18.6 Å². The summed E-state index contributed by atoms with van der Waals surface area (Å²) in [5.74, 6) is 0.185. The molecule has 0 saturated carbocycles. The molecule has 3 nitrogen and oxygen atoms in total. The summed E-state index contributed by atoms with van der Waals surface area (Å²) < 4.78 is 13.8. The molecule has 17 heavy (non-hydrogen) atoms. The first kappa shape index (κ1) is 11.9. The van der Waals surface area contributed by atoms with Gasteiger partial charge in [-0.15, -0.1) is 0 Å².